The Morgan fingerprint density at radius 2 is 1.87 bits per heavy atom. The van der Waals surface area contributed by atoms with Gasteiger partial charge in [0.1, 0.15) is 11.4 Å². The highest BCUT2D eigenvalue weighted by molar-refractivity contribution is 7.12. The van der Waals surface area contributed by atoms with E-state index in [9.17, 15) is 14.7 Å². The average molecular weight is 457 g/mol. The molecule has 0 atom stereocenters. The molecule has 1 fully saturated rings. The van der Waals surface area contributed by atoms with Crippen LogP contribution < -0.4 is 15.1 Å². The highest BCUT2D eigenvalue weighted by Crippen LogP contribution is 2.28. The number of carboxylic acid groups (broad SMARTS) is 1. The molecule has 3 aromatic rings. The van der Waals surface area contributed by atoms with Gasteiger partial charge in [-0.25, -0.2) is 9.78 Å². The maximum atomic E-state index is 12.3. The molecule has 1 aliphatic rings. The Morgan fingerprint density at radius 1 is 1.13 bits per heavy atom. The van der Waals surface area contributed by atoms with Crippen LogP contribution in [0.1, 0.15) is 25.6 Å². The molecule has 0 unspecified atom stereocenters. The van der Waals surface area contributed by atoms with E-state index >= 15 is 0 Å². The number of amides is 1. The topological polar surface area (TPSA) is 85.8 Å². The molecule has 3 heterocycles. The summed E-state index contributed by atoms with van der Waals surface area (Å²) in [6, 6.07) is 10.8. The molecule has 1 aliphatic heterocycles. The van der Waals surface area contributed by atoms with E-state index in [-0.39, 0.29) is 11.5 Å². The Labute approximate surface area is 188 Å². The maximum Gasteiger partial charge on any atom is 0.339 e. The van der Waals surface area contributed by atoms with Crippen LogP contribution in [-0.2, 0) is 0 Å². The van der Waals surface area contributed by atoms with Gasteiger partial charge < -0.3 is 20.2 Å². The predicted octanol–water partition coefficient (Wildman–Crippen LogP) is 4.38. The monoisotopic (exact) mass is 456 g/mol. The number of aryl methyl sites for hydroxylation is 1. The van der Waals surface area contributed by atoms with E-state index in [1.165, 1.54) is 23.6 Å². The summed E-state index contributed by atoms with van der Waals surface area (Å²) in [7, 11) is 0. The van der Waals surface area contributed by atoms with Gasteiger partial charge in [-0.15, -0.1) is 11.3 Å². The average Bonchev–Trinajstić information content (AvgIpc) is 3.31. The van der Waals surface area contributed by atoms with E-state index in [4.69, 9.17) is 11.6 Å². The molecule has 0 bridgehead atoms. The van der Waals surface area contributed by atoms with Crippen LogP contribution >= 0.6 is 22.9 Å². The second-order valence-corrected chi connectivity index (χ2v) is 8.62. The molecule has 2 aromatic heterocycles. The molecule has 4 rings (SSSR count). The van der Waals surface area contributed by atoms with Crippen molar-refractivity contribution in [3.63, 3.8) is 0 Å². The summed E-state index contributed by atoms with van der Waals surface area (Å²) in [4.78, 5) is 33.3. The summed E-state index contributed by atoms with van der Waals surface area (Å²) >= 11 is 7.47. The van der Waals surface area contributed by atoms with Crippen molar-refractivity contribution in [1.82, 2.24) is 4.98 Å². The zero-order valence-electron chi connectivity index (χ0n) is 16.8. The number of anilines is 3. The van der Waals surface area contributed by atoms with Crippen molar-refractivity contribution in [1.29, 1.82) is 0 Å². The molecule has 2 N–H and O–H groups in total. The van der Waals surface area contributed by atoms with Crippen LogP contribution in [0.5, 0.6) is 0 Å². The lowest BCUT2D eigenvalue weighted by Gasteiger charge is -2.37. The van der Waals surface area contributed by atoms with Crippen LogP contribution in [0.3, 0.4) is 0 Å². The van der Waals surface area contributed by atoms with Crippen LogP contribution in [-0.4, -0.2) is 48.1 Å². The number of carbonyl (C=O) groups excluding carboxylic acids is 1. The largest absolute Gasteiger partial charge is 0.478 e. The van der Waals surface area contributed by atoms with E-state index in [0.29, 0.717) is 34.5 Å². The molecule has 160 valence electrons. The second kappa shape index (κ2) is 8.95. The number of carboxylic acids is 1. The molecule has 1 amide bonds. The van der Waals surface area contributed by atoms with Crippen molar-refractivity contribution in [2.45, 2.75) is 6.92 Å². The first kappa shape index (κ1) is 21.1. The third-order valence-corrected chi connectivity index (χ3v) is 6.29. The van der Waals surface area contributed by atoms with Crippen molar-refractivity contribution >= 4 is 52.0 Å². The molecule has 0 saturated carbocycles. The normalized spacial score (nSPS) is 13.9. The Kier molecular flexibility index (Phi) is 6.11. The number of carbonyl (C=O) groups is 2. The second-order valence-electron chi connectivity index (χ2n) is 7.24. The number of thiophene rings is 1. The van der Waals surface area contributed by atoms with Gasteiger partial charge in [-0.05, 0) is 42.1 Å². The van der Waals surface area contributed by atoms with Gasteiger partial charge in [-0.1, -0.05) is 23.7 Å². The van der Waals surface area contributed by atoms with Crippen LogP contribution in [0.2, 0.25) is 5.02 Å². The standard InChI is InChI=1S/C22H21ClN4O3S/c1-14-4-5-15(23)11-18(14)26-6-8-27(9-7-26)20-17(22(29)30)12-16(13-24-20)25-21(28)19-3-2-10-31-19/h2-5,10-13H,6-9H2,1H3,(H,25,28)(H,29,30). The van der Waals surface area contributed by atoms with Gasteiger partial charge >= 0.3 is 5.97 Å². The Balaban J connectivity index is 1.50. The van der Waals surface area contributed by atoms with Crippen molar-refractivity contribution in [3.8, 4) is 0 Å². The molecule has 0 aliphatic carbocycles. The van der Waals surface area contributed by atoms with Crippen LogP contribution in [0.4, 0.5) is 17.2 Å². The number of pyridine rings is 1. The minimum Gasteiger partial charge on any atom is -0.478 e. The number of aromatic nitrogens is 1. The quantitative estimate of drug-likeness (QED) is 0.592. The summed E-state index contributed by atoms with van der Waals surface area (Å²) in [5.41, 5.74) is 2.65. The number of aromatic carboxylic acids is 1. The number of rotatable bonds is 5. The molecule has 0 spiro atoms. The van der Waals surface area contributed by atoms with Crippen molar-refractivity contribution in [2.24, 2.45) is 0 Å². The van der Waals surface area contributed by atoms with Gasteiger partial charge in [-0.3, -0.25) is 4.79 Å². The first-order valence-corrected chi connectivity index (χ1v) is 11.0. The van der Waals surface area contributed by atoms with Crippen molar-refractivity contribution < 1.29 is 14.7 Å². The molecule has 7 nitrogen and oxygen atoms in total. The van der Waals surface area contributed by atoms with Gasteiger partial charge in [0, 0.05) is 36.9 Å². The van der Waals surface area contributed by atoms with Crippen molar-refractivity contribution in [3.05, 3.63) is 69.0 Å². The van der Waals surface area contributed by atoms with E-state index in [0.717, 1.165) is 24.3 Å². The maximum absolute atomic E-state index is 12.3. The zero-order chi connectivity index (χ0) is 22.0. The van der Waals surface area contributed by atoms with Crippen LogP contribution in [0, 0.1) is 6.92 Å². The summed E-state index contributed by atoms with van der Waals surface area (Å²) in [5.74, 6) is -0.960. The van der Waals surface area contributed by atoms with E-state index in [1.54, 1.807) is 12.1 Å². The fourth-order valence-electron chi connectivity index (χ4n) is 3.62. The molecule has 1 saturated heterocycles. The molecular weight excluding hydrogens is 436 g/mol. The number of nitrogens with one attached hydrogen (secondary N) is 1. The Hall–Kier alpha value is -3.10. The molecule has 1 aromatic carbocycles. The number of hydrogen-bond acceptors (Lipinski definition) is 6. The fraction of sp³-hybridized carbons (Fsp3) is 0.227. The lowest BCUT2D eigenvalue weighted by Crippen LogP contribution is -2.47. The van der Waals surface area contributed by atoms with Crippen LogP contribution in [0.25, 0.3) is 0 Å². The summed E-state index contributed by atoms with van der Waals surface area (Å²) in [6.45, 7) is 4.74. The fourth-order valence-corrected chi connectivity index (χ4v) is 4.40. The minimum absolute atomic E-state index is 0.0661. The molecular formula is C22H21ClN4O3S. The smallest absolute Gasteiger partial charge is 0.339 e. The number of benzene rings is 1. The van der Waals surface area contributed by atoms with Gasteiger partial charge in [-0.2, -0.15) is 0 Å². The molecule has 9 heteroatoms. The first-order valence-electron chi connectivity index (χ1n) is 9.76. The third-order valence-electron chi connectivity index (χ3n) is 5.19. The van der Waals surface area contributed by atoms with E-state index in [2.05, 4.69) is 15.2 Å². The lowest BCUT2D eigenvalue weighted by molar-refractivity contribution is 0.0696. The number of piperazine rings is 1. The summed E-state index contributed by atoms with van der Waals surface area (Å²) in [6.07, 6.45) is 1.50. The lowest BCUT2D eigenvalue weighted by atomic mass is 10.1. The zero-order valence-corrected chi connectivity index (χ0v) is 18.4. The van der Waals surface area contributed by atoms with E-state index in [1.807, 2.05) is 35.4 Å². The molecule has 31 heavy (non-hydrogen) atoms. The molecule has 0 radical (unpaired) electrons. The number of nitrogens with zero attached hydrogens (tertiary/aromatic N) is 3. The summed E-state index contributed by atoms with van der Waals surface area (Å²) in [5, 5.41) is 15.0. The first-order chi connectivity index (χ1) is 14.9. The predicted molar refractivity (Wildman–Crippen MR) is 124 cm³/mol. The minimum atomic E-state index is -1.08. The van der Waals surface area contributed by atoms with E-state index < -0.39 is 5.97 Å². The van der Waals surface area contributed by atoms with Crippen LogP contribution in [0.15, 0.2) is 48.0 Å². The van der Waals surface area contributed by atoms with Gasteiger partial charge in [0.15, 0.2) is 0 Å². The Bertz CT molecular complexity index is 1110. The number of hydrogen-bond donors (Lipinski definition) is 2. The van der Waals surface area contributed by atoms with Gasteiger partial charge in [0.05, 0.1) is 16.8 Å². The highest BCUT2D eigenvalue weighted by atomic mass is 35.5. The van der Waals surface area contributed by atoms with Crippen molar-refractivity contribution in [2.75, 3.05) is 41.3 Å². The van der Waals surface area contributed by atoms with Gasteiger partial charge in [0.25, 0.3) is 5.91 Å². The third kappa shape index (κ3) is 4.65. The van der Waals surface area contributed by atoms with Gasteiger partial charge in [0.2, 0.25) is 0 Å². The number of halogens is 1. The highest BCUT2D eigenvalue weighted by Gasteiger charge is 2.24. The SMILES string of the molecule is Cc1ccc(Cl)cc1N1CCN(c2ncc(NC(=O)c3cccs3)cc2C(=O)O)CC1. The summed E-state index contributed by atoms with van der Waals surface area (Å²) < 4.78 is 0. The Morgan fingerprint density at radius 3 is 2.55 bits per heavy atom.